The summed E-state index contributed by atoms with van der Waals surface area (Å²) < 4.78 is 23.3. The molecule has 1 N–H and O–H groups in total. The van der Waals surface area contributed by atoms with Gasteiger partial charge in [-0.3, -0.25) is 4.79 Å². The number of fused-ring (bicyclic) bond motifs is 1. The van der Waals surface area contributed by atoms with Crippen molar-refractivity contribution >= 4 is 34.0 Å². The van der Waals surface area contributed by atoms with Crippen molar-refractivity contribution in [1.29, 1.82) is 0 Å². The Morgan fingerprint density at radius 2 is 2.00 bits per heavy atom. The number of ether oxygens (including phenoxy) is 1. The number of hydrogen-bond acceptors (Lipinski definition) is 4. The standard InChI is InChI=1S/C17H11ClFNO4/c1-23-14-5-3-11(8-13(14)18)20-16(21)15-7-9-6-10(19)2-4-12(9)17(22)24-15/h2-8H,1H3,(H,20,21). The van der Waals surface area contributed by atoms with Crippen molar-refractivity contribution in [3.63, 3.8) is 0 Å². The number of carbonyl (C=O) groups is 1. The minimum Gasteiger partial charge on any atom is -0.495 e. The van der Waals surface area contributed by atoms with Gasteiger partial charge in [0.1, 0.15) is 11.6 Å². The molecule has 0 atom stereocenters. The van der Waals surface area contributed by atoms with E-state index in [0.29, 0.717) is 16.5 Å². The lowest BCUT2D eigenvalue weighted by Crippen LogP contribution is -2.15. The number of hydrogen-bond donors (Lipinski definition) is 1. The molecule has 0 unspecified atom stereocenters. The highest BCUT2D eigenvalue weighted by atomic mass is 35.5. The van der Waals surface area contributed by atoms with E-state index in [-0.39, 0.29) is 16.5 Å². The first-order chi connectivity index (χ1) is 11.5. The zero-order valence-corrected chi connectivity index (χ0v) is 13.2. The predicted octanol–water partition coefficient (Wildman–Crippen LogP) is 3.85. The first kappa shape index (κ1) is 16.0. The average Bonchev–Trinajstić information content (AvgIpc) is 2.54. The molecular weight excluding hydrogens is 337 g/mol. The summed E-state index contributed by atoms with van der Waals surface area (Å²) in [6, 6.07) is 9.59. The van der Waals surface area contributed by atoms with E-state index < -0.39 is 17.3 Å². The van der Waals surface area contributed by atoms with Crippen molar-refractivity contribution in [2.24, 2.45) is 0 Å². The number of amides is 1. The highest BCUT2D eigenvalue weighted by molar-refractivity contribution is 6.32. The third kappa shape index (κ3) is 3.09. The highest BCUT2D eigenvalue weighted by Crippen LogP contribution is 2.27. The van der Waals surface area contributed by atoms with E-state index in [1.807, 2.05) is 0 Å². The molecule has 2 aromatic carbocycles. The Morgan fingerprint density at radius 3 is 2.71 bits per heavy atom. The molecule has 1 amide bonds. The first-order valence-corrected chi connectivity index (χ1v) is 7.24. The fourth-order valence-electron chi connectivity index (χ4n) is 2.21. The van der Waals surface area contributed by atoms with Crippen molar-refractivity contribution < 1.29 is 18.3 Å². The molecule has 5 nitrogen and oxygen atoms in total. The number of anilines is 1. The highest BCUT2D eigenvalue weighted by Gasteiger charge is 2.14. The lowest BCUT2D eigenvalue weighted by Gasteiger charge is -2.08. The van der Waals surface area contributed by atoms with Gasteiger partial charge in [-0.1, -0.05) is 11.6 Å². The lowest BCUT2D eigenvalue weighted by atomic mass is 10.1. The quantitative estimate of drug-likeness (QED) is 0.781. The molecule has 1 aromatic heterocycles. The molecule has 24 heavy (non-hydrogen) atoms. The molecule has 0 spiro atoms. The third-order valence-corrected chi connectivity index (χ3v) is 3.65. The number of carbonyl (C=O) groups excluding carboxylic acids is 1. The van der Waals surface area contributed by atoms with E-state index in [4.69, 9.17) is 20.8 Å². The van der Waals surface area contributed by atoms with Crippen LogP contribution in [0.2, 0.25) is 5.02 Å². The van der Waals surface area contributed by atoms with Crippen LogP contribution in [0.1, 0.15) is 10.6 Å². The summed E-state index contributed by atoms with van der Waals surface area (Å²) in [4.78, 5) is 24.1. The summed E-state index contributed by atoms with van der Waals surface area (Å²) in [5, 5.41) is 3.35. The maximum atomic E-state index is 13.3. The normalized spacial score (nSPS) is 10.6. The van der Waals surface area contributed by atoms with Gasteiger partial charge in [0.2, 0.25) is 0 Å². The van der Waals surface area contributed by atoms with Gasteiger partial charge in [-0.2, -0.15) is 0 Å². The molecular formula is C17H11ClFNO4. The van der Waals surface area contributed by atoms with Crippen LogP contribution in [0.15, 0.2) is 51.7 Å². The fraction of sp³-hybridized carbons (Fsp3) is 0.0588. The van der Waals surface area contributed by atoms with Gasteiger partial charge in [-0.15, -0.1) is 0 Å². The van der Waals surface area contributed by atoms with Gasteiger partial charge in [0, 0.05) is 5.69 Å². The van der Waals surface area contributed by atoms with Gasteiger partial charge >= 0.3 is 5.63 Å². The molecule has 0 aliphatic carbocycles. The van der Waals surface area contributed by atoms with Crippen molar-refractivity contribution in [1.82, 2.24) is 0 Å². The van der Waals surface area contributed by atoms with E-state index in [1.54, 1.807) is 12.1 Å². The number of rotatable bonds is 3. The van der Waals surface area contributed by atoms with Crippen LogP contribution in [0.3, 0.4) is 0 Å². The van der Waals surface area contributed by atoms with E-state index in [9.17, 15) is 14.0 Å². The molecule has 0 aliphatic rings. The number of methoxy groups -OCH3 is 1. The van der Waals surface area contributed by atoms with Crippen LogP contribution in [-0.4, -0.2) is 13.0 Å². The largest absolute Gasteiger partial charge is 0.495 e. The van der Waals surface area contributed by atoms with E-state index in [2.05, 4.69) is 5.32 Å². The maximum Gasteiger partial charge on any atom is 0.344 e. The van der Waals surface area contributed by atoms with Gasteiger partial charge in [0.05, 0.1) is 17.5 Å². The molecule has 0 aliphatic heterocycles. The molecule has 0 saturated heterocycles. The Hall–Kier alpha value is -2.86. The van der Waals surface area contributed by atoms with Crippen LogP contribution in [0.5, 0.6) is 5.75 Å². The Labute approximate surface area is 140 Å². The summed E-state index contributed by atoms with van der Waals surface area (Å²) in [5.41, 5.74) is -0.321. The molecule has 0 radical (unpaired) electrons. The maximum absolute atomic E-state index is 13.3. The zero-order chi connectivity index (χ0) is 17.3. The van der Waals surface area contributed by atoms with Crippen LogP contribution in [0.25, 0.3) is 10.8 Å². The molecule has 7 heteroatoms. The van der Waals surface area contributed by atoms with Crippen LogP contribution >= 0.6 is 11.6 Å². The van der Waals surface area contributed by atoms with Gasteiger partial charge in [-0.05, 0) is 47.9 Å². The minimum atomic E-state index is -0.717. The second-order valence-corrected chi connectivity index (χ2v) is 5.34. The molecule has 0 fully saturated rings. The number of nitrogens with one attached hydrogen (secondary N) is 1. The van der Waals surface area contributed by atoms with E-state index >= 15 is 0 Å². The summed E-state index contributed by atoms with van der Waals surface area (Å²) in [6.07, 6.45) is 0. The van der Waals surface area contributed by atoms with Gasteiger partial charge in [0.25, 0.3) is 5.91 Å². The fourth-order valence-corrected chi connectivity index (χ4v) is 2.47. The Bertz CT molecular complexity index is 1000. The van der Waals surface area contributed by atoms with Crippen LogP contribution < -0.4 is 15.7 Å². The monoisotopic (exact) mass is 347 g/mol. The summed E-state index contributed by atoms with van der Waals surface area (Å²) >= 11 is 5.99. The molecule has 0 saturated carbocycles. The first-order valence-electron chi connectivity index (χ1n) is 6.86. The smallest absolute Gasteiger partial charge is 0.344 e. The van der Waals surface area contributed by atoms with Crippen LogP contribution in [0, 0.1) is 5.82 Å². The second-order valence-electron chi connectivity index (χ2n) is 4.93. The molecule has 0 bridgehead atoms. The molecule has 3 aromatic rings. The van der Waals surface area contributed by atoms with Gasteiger partial charge in [0.15, 0.2) is 5.76 Å². The minimum absolute atomic E-state index is 0.195. The Kier molecular flexibility index (Phi) is 4.22. The zero-order valence-electron chi connectivity index (χ0n) is 12.4. The van der Waals surface area contributed by atoms with Crippen molar-refractivity contribution in [2.45, 2.75) is 0 Å². The third-order valence-electron chi connectivity index (χ3n) is 3.36. The SMILES string of the molecule is COc1ccc(NC(=O)c2cc3cc(F)ccc3c(=O)o2)cc1Cl. The molecule has 3 rings (SSSR count). The van der Waals surface area contributed by atoms with Gasteiger partial charge < -0.3 is 14.5 Å². The molecule has 122 valence electrons. The van der Waals surface area contributed by atoms with E-state index in [1.165, 1.54) is 25.3 Å². The Morgan fingerprint density at radius 1 is 1.21 bits per heavy atom. The van der Waals surface area contributed by atoms with E-state index in [0.717, 1.165) is 12.1 Å². The van der Waals surface area contributed by atoms with Gasteiger partial charge in [-0.25, -0.2) is 9.18 Å². The van der Waals surface area contributed by atoms with Crippen molar-refractivity contribution in [3.8, 4) is 5.75 Å². The molecule has 1 heterocycles. The van der Waals surface area contributed by atoms with Crippen LogP contribution in [0.4, 0.5) is 10.1 Å². The van der Waals surface area contributed by atoms with Crippen molar-refractivity contribution in [3.05, 3.63) is 69.5 Å². The summed E-state index contributed by atoms with van der Waals surface area (Å²) in [5.74, 6) is -0.937. The average molecular weight is 348 g/mol. The topological polar surface area (TPSA) is 68.5 Å². The summed E-state index contributed by atoms with van der Waals surface area (Å²) in [6.45, 7) is 0. The van der Waals surface area contributed by atoms with Crippen LogP contribution in [-0.2, 0) is 0 Å². The lowest BCUT2D eigenvalue weighted by molar-refractivity contribution is 0.0993. The van der Waals surface area contributed by atoms with Crippen molar-refractivity contribution in [2.75, 3.05) is 12.4 Å². The second kappa shape index (κ2) is 6.33. The Balaban J connectivity index is 1.94. The predicted molar refractivity (Wildman–Crippen MR) is 88.4 cm³/mol. The number of benzene rings is 2. The summed E-state index contributed by atoms with van der Waals surface area (Å²) in [7, 11) is 1.47. The number of halogens is 2.